The summed E-state index contributed by atoms with van der Waals surface area (Å²) in [6, 6.07) is 5.04. The van der Waals surface area contributed by atoms with Gasteiger partial charge in [-0.25, -0.2) is 0 Å². The summed E-state index contributed by atoms with van der Waals surface area (Å²) in [6.07, 6.45) is 6.19. The number of ether oxygens (including phenoxy) is 2. The molecule has 0 spiro atoms. The van der Waals surface area contributed by atoms with Crippen LogP contribution in [0.4, 0.5) is 0 Å². The van der Waals surface area contributed by atoms with Crippen molar-refractivity contribution in [2.24, 2.45) is 5.92 Å². The molecular formula is C18H27ClNO2+. The Morgan fingerprint density at radius 3 is 2.68 bits per heavy atom. The fourth-order valence-corrected chi connectivity index (χ4v) is 4.54. The second-order valence-corrected chi connectivity index (χ2v) is 6.90. The molecule has 2 heterocycles. The number of benzene rings is 1. The molecule has 22 heavy (non-hydrogen) atoms. The number of fused-ring (bicyclic) bond motifs is 3. The van der Waals surface area contributed by atoms with Crippen LogP contribution >= 0.6 is 11.6 Å². The van der Waals surface area contributed by atoms with Crippen molar-refractivity contribution in [2.45, 2.75) is 38.1 Å². The Bertz CT molecular complexity index is 520. The monoisotopic (exact) mass is 324 g/mol. The highest BCUT2D eigenvalue weighted by Crippen LogP contribution is 2.39. The average Bonchev–Trinajstić information content (AvgIpc) is 2.58. The summed E-state index contributed by atoms with van der Waals surface area (Å²) in [6.45, 7) is 2.54. The van der Waals surface area contributed by atoms with Crippen LogP contribution in [-0.2, 0) is 6.42 Å². The van der Waals surface area contributed by atoms with E-state index >= 15 is 0 Å². The van der Waals surface area contributed by atoms with E-state index in [2.05, 4.69) is 12.1 Å². The van der Waals surface area contributed by atoms with Gasteiger partial charge in [-0.1, -0.05) is 0 Å². The van der Waals surface area contributed by atoms with Crippen molar-refractivity contribution in [1.82, 2.24) is 0 Å². The molecule has 1 N–H and O–H groups in total. The number of alkyl halides is 1. The molecule has 3 nitrogen and oxygen atoms in total. The largest absolute Gasteiger partial charge is 0.493 e. The molecule has 0 radical (unpaired) electrons. The fraction of sp³-hybridized carbons (Fsp3) is 0.667. The minimum absolute atomic E-state index is 0.612. The molecule has 1 unspecified atom stereocenters. The van der Waals surface area contributed by atoms with E-state index in [0.717, 1.165) is 36.1 Å². The summed E-state index contributed by atoms with van der Waals surface area (Å²) < 4.78 is 11.0. The molecule has 122 valence electrons. The van der Waals surface area contributed by atoms with Crippen molar-refractivity contribution in [1.29, 1.82) is 0 Å². The van der Waals surface area contributed by atoms with Crippen LogP contribution in [0.5, 0.6) is 11.5 Å². The maximum Gasteiger partial charge on any atom is 0.161 e. The highest BCUT2D eigenvalue weighted by atomic mass is 35.5. The van der Waals surface area contributed by atoms with Crippen molar-refractivity contribution in [2.75, 3.05) is 33.2 Å². The quantitative estimate of drug-likeness (QED) is 0.841. The van der Waals surface area contributed by atoms with Gasteiger partial charge in [0.1, 0.15) is 6.04 Å². The first-order valence-electron chi connectivity index (χ1n) is 8.43. The molecule has 0 saturated carbocycles. The lowest BCUT2D eigenvalue weighted by molar-refractivity contribution is -0.943. The molecule has 0 aromatic heterocycles. The molecular weight excluding hydrogens is 298 g/mol. The van der Waals surface area contributed by atoms with Gasteiger partial charge >= 0.3 is 0 Å². The SMILES string of the molecule is COc1cc2c(cc1OC)[C@H]1[C@H](CCCCl)CCC[NH+]1CC2. The van der Waals surface area contributed by atoms with E-state index in [1.54, 1.807) is 19.1 Å². The lowest BCUT2D eigenvalue weighted by Crippen LogP contribution is -3.14. The lowest BCUT2D eigenvalue weighted by atomic mass is 9.77. The van der Waals surface area contributed by atoms with E-state index in [0.29, 0.717) is 6.04 Å². The van der Waals surface area contributed by atoms with Gasteiger partial charge in [-0.2, -0.15) is 0 Å². The number of piperidine rings is 1. The van der Waals surface area contributed by atoms with E-state index in [4.69, 9.17) is 21.1 Å². The van der Waals surface area contributed by atoms with Crippen molar-refractivity contribution < 1.29 is 14.4 Å². The minimum Gasteiger partial charge on any atom is -0.493 e. The summed E-state index contributed by atoms with van der Waals surface area (Å²) in [5, 5.41) is 0. The summed E-state index contributed by atoms with van der Waals surface area (Å²) in [7, 11) is 3.44. The Labute approximate surface area is 138 Å². The van der Waals surface area contributed by atoms with Gasteiger partial charge in [-0.3, -0.25) is 0 Å². The van der Waals surface area contributed by atoms with Crippen LogP contribution in [0.25, 0.3) is 0 Å². The predicted molar refractivity (Wildman–Crippen MR) is 89.4 cm³/mol. The number of nitrogens with one attached hydrogen (secondary N) is 1. The zero-order valence-corrected chi connectivity index (χ0v) is 14.4. The van der Waals surface area contributed by atoms with E-state index in [9.17, 15) is 0 Å². The maximum atomic E-state index is 5.94. The lowest BCUT2D eigenvalue weighted by Gasteiger charge is -2.42. The molecule has 3 rings (SSSR count). The molecule has 1 aromatic carbocycles. The Morgan fingerprint density at radius 1 is 1.18 bits per heavy atom. The van der Waals surface area contributed by atoms with Crippen molar-refractivity contribution >= 4 is 11.6 Å². The number of rotatable bonds is 5. The smallest absolute Gasteiger partial charge is 0.161 e. The van der Waals surface area contributed by atoms with Crippen molar-refractivity contribution in [3.8, 4) is 11.5 Å². The average molecular weight is 325 g/mol. The van der Waals surface area contributed by atoms with Crippen LogP contribution in [-0.4, -0.2) is 33.2 Å². The first kappa shape index (κ1) is 15.9. The van der Waals surface area contributed by atoms with Gasteiger partial charge in [0.2, 0.25) is 0 Å². The molecule has 1 saturated heterocycles. The molecule has 2 aliphatic rings. The molecule has 3 atom stereocenters. The number of hydrogen-bond acceptors (Lipinski definition) is 2. The second-order valence-electron chi connectivity index (χ2n) is 6.53. The van der Waals surface area contributed by atoms with Crippen LogP contribution < -0.4 is 14.4 Å². The van der Waals surface area contributed by atoms with Gasteiger partial charge in [0.15, 0.2) is 11.5 Å². The molecule has 0 amide bonds. The van der Waals surface area contributed by atoms with Crippen LogP contribution in [0.1, 0.15) is 42.9 Å². The van der Waals surface area contributed by atoms with Gasteiger partial charge in [0.25, 0.3) is 0 Å². The summed E-state index contributed by atoms with van der Waals surface area (Å²) in [5.74, 6) is 3.25. The minimum atomic E-state index is 0.612. The van der Waals surface area contributed by atoms with Gasteiger partial charge in [-0.15, -0.1) is 11.6 Å². The molecule has 4 heteroatoms. The highest BCUT2D eigenvalue weighted by molar-refractivity contribution is 6.17. The predicted octanol–water partition coefficient (Wildman–Crippen LogP) is 2.61. The van der Waals surface area contributed by atoms with Crippen LogP contribution in [0.3, 0.4) is 0 Å². The molecule has 1 aromatic rings. The zero-order chi connectivity index (χ0) is 15.5. The Hall–Kier alpha value is -0.930. The van der Waals surface area contributed by atoms with Gasteiger partial charge < -0.3 is 14.4 Å². The number of quaternary nitrogens is 1. The maximum absolute atomic E-state index is 5.94. The Balaban J connectivity index is 1.96. The Morgan fingerprint density at radius 2 is 1.95 bits per heavy atom. The summed E-state index contributed by atoms with van der Waals surface area (Å²) in [5.41, 5.74) is 2.93. The number of halogens is 1. The van der Waals surface area contributed by atoms with E-state index in [-0.39, 0.29) is 0 Å². The fourth-order valence-electron chi connectivity index (χ4n) is 4.39. The highest BCUT2D eigenvalue weighted by Gasteiger charge is 2.40. The summed E-state index contributed by atoms with van der Waals surface area (Å²) >= 11 is 5.94. The summed E-state index contributed by atoms with van der Waals surface area (Å²) in [4.78, 5) is 1.76. The first-order chi connectivity index (χ1) is 10.8. The Kier molecular flexibility index (Phi) is 5.14. The molecule has 0 aliphatic carbocycles. The van der Waals surface area contributed by atoms with Crippen LogP contribution in [0, 0.1) is 5.92 Å². The first-order valence-corrected chi connectivity index (χ1v) is 8.97. The van der Waals surface area contributed by atoms with Gasteiger partial charge in [-0.05, 0) is 43.4 Å². The van der Waals surface area contributed by atoms with Crippen LogP contribution in [0.2, 0.25) is 0 Å². The third kappa shape index (κ3) is 2.93. The van der Waals surface area contributed by atoms with E-state index in [1.807, 2.05) is 0 Å². The van der Waals surface area contributed by atoms with Gasteiger partial charge in [0.05, 0.1) is 27.3 Å². The third-order valence-electron chi connectivity index (χ3n) is 5.39. The standard InChI is InChI=1S/C18H26ClNO2/c1-21-16-11-14-7-10-20-9-4-6-13(5-3-8-19)18(20)15(14)12-17(16)22-2/h11-13,18H,3-10H2,1-2H3/p+1/t13-,18-/m1/s1. The second kappa shape index (κ2) is 7.10. The normalized spacial score (nSPS) is 27.0. The van der Waals surface area contributed by atoms with Crippen LogP contribution in [0.15, 0.2) is 12.1 Å². The van der Waals surface area contributed by atoms with E-state index < -0.39 is 0 Å². The topological polar surface area (TPSA) is 22.9 Å². The molecule has 1 fully saturated rings. The number of methoxy groups -OCH3 is 2. The molecule has 0 bridgehead atoms. The number of hydrogen-bond donors (Lipinski definition) is 1. The van der Waals surface area contributed by atoms with Crippen molar-refractivity contribution in [3.63, 3.8) is 0 Å². The zero-order valence-electron chi connectivity index (χ0n) is 13.7. The third-order valence-corrected chi connectivity index (χ3v) is 5.66. The van der Waals surface area contributed by atoms with Crippen molar-refractivity contribution in [3.05, 3.63) is 23.3 Å². The molecule has 2 aliphatic heterocycles. The van der Waals surface area contributed by atoms with Gasteiger partial charge in [0, 0.05) is 23.8 Å². The van der Waals surface area contributed by atoms with E-state index in [1.165, 1.54) is 43.5 Å².